The zero-order valence-electron chi connectivity index (χ0n) is 11.6. The Kier molecular flexibility index (Phi) is 4.42. The smallest absolute Gasteiger partial charge is 0.242 e. The van der Waals surface area contributed by atoms with Crippen molar-refractivity contribution in [2.45, 2.75) is 38.2 Å². The van der Waals surface area contributed by atoms with Gasteiger partial charge in [0, 0.05) is 13.7 Å². The first-order valence-electron chi connectivity index (χ1n) is 6.73. The summed E-state index contributed by atoms with van der Waals surface area (Å²) in [5.74, 6) is 1.06. The zero-order chi connectivity index (χ0) is 13.7. The van der Waals surface area contributed by atoms with Crippen LogP contribution in [-0.4, -0.2) is 35.8 Å². The van der Waals surface area contributed by atoms with Gasteiger partial charge in [-0.15, -0.1) is 0 Å². The van der Waals surface area contributed by atoms with Crippen molar-refractivity contribution >= 4 is 11.5 Å². The molecule has 1 aliphatic carbocycles. The van der Waals surface area contributed by atoms with Crippen LogP contribution in [0.3, 0.4) is 0 Å². The molecule has 0 radical (unpaired) electrons. The van der Waals surface area contributed by atoms with Crippen molar-refractivity contribution in [2.75, 3.05) is 31.3 Å². The molecule has 0 bridgehead atoms. The lowest BCUT2D eigenvalue weighted by atomic mass is 9.80. The minimum Gasteiger partial charge on any atom is -0.476 e. The summed E-state index contributed by atoms with van der Waals surface area (Å²) in [6, 6.07) is 0. The largest absolute Gasteiger partial charge is 0.476 e. The first-order chi connectivity index (χ1) is 9.21. The number of ether oxygens (including phenoxy) is 2. The van der Waals surface area contributed by atoms with Gasteiger partial charge in [0.25, 0.3) is 0 Å². The van der Waals surface area contributed by atoms with Crippen LogP contribution in [0.4, 0.5) is 11.5 Å². The Morgan fingerprint density at radius 1 is 1.42 bits per heavy atom. The maximum absolute atomic E-state index is 6.00. The minimum absolute atomic E-state index is 0.0676. The fourth-order valence-corrected chi connectivity index (χ4v) is 2.10. The number of aromatic nitrogens is 2. The fraction of sp³-hybridized carbons (Fsp3) is 0.692. The first-order valence-corrected chi connectivity index (χ1v) is 6.73. The second kappa shape index (κ2) is 6.06. The molecule has 1 aliphatic rings. The zero-order valence-corrected chi connectivity index (χ0v) is 11.6. The lowest BCUT2D eigenvalue weighted by Gasteiger charge is -2.40. The van der Waals surface area contributed by atoms with E-state index in [1.54, 1.807) is 7.11 Å². The molecule has 1 heterocycles. The van der Waals surface area contributed by atoms with Crippen LogP contribution in [-0.2, 0) is 4.74 Å². The lowest BCUT2D eigenvalue weighted by molar-refractivity contribution is -0.0601. The number of nitrogens with two attached hydrogens (primary N) is 1. The van der Waals surface area contributed by atoms with E-state index in [-0.39, 0.29) is 5.60 Å². The van der Waals surface area contributed by atoms with Crippen LogP contribution < -0.4 is 15.8 Å². The Labute approximate surface area is 113 Å². The Morgan fingerprint density at radius 2 is 2.21 bits per heavy atom. The van der Waals surface area contributed by atoms with Gasteiger partial charge in [-0.2, -0.15) is 4.98 Å². The molecule has 0 atom stereocenters. The lowest BCUT2D eigenvalue weighted by Crippen LogP contribution is -2.45. The highest BCUT2D eigenvalue weighted by Crippen LogP contribution is 2.35. The first kappa shape index (κ1) is 13.9. The second-order valence-corrected chi connectivity index (χ2v) is 4.88. The monoisotopic (exact) mass is 266 g/mol. The third kappa shape index (κ3) is 3.07. The highest BCUT2D eigenvalue weighted by atomic mass is 16.5. The van der Waals surface area contributed by atoms with Gasteiger partial charge in [-0.3, -0.25) is 0 Å². The van der Waals surface area contributed by atoms with E-state index < -0.39 is 0 Å². The number of methoxy groups -OCH3 is 1. The predicted molar refractivity (Wildman–Crippen MR) is 74.3 cm³/mol. The maximum Gasteiger partial charge on any atom is 0.242 e. The number of nitrogen functional groups attached to an aromatic ring is 1. The van der Waals surface area contributed by atoms with Crippen LogP contribution in [0, 0.1) is 0 Å². The van der Waals surface area contributed by atoms with Crippen molar-refractivity contribution in [3.63, 3.8) is 0 Å². The summed E-state index contributed by atoms with van der Waals surface area (Å²) in [6.45, 7) is 3.34. The molecule has 1 saturated carbocycles. The van der Waals surface area contributed by atoms with Crippen LogP contribution in [0.25, 0.3) is 0 Å². The summed E-state index contributed by atoms with van der Waals surface area (Å²) in [7, 11) is 1.75. The van der Waals surface area contributed by atoms with E-state index in [1.165, 1.54) is 12.7 Å². The number of nitrogens with zero attached hydrogens (tertiary/aromatic N) is 2. The van der Waals surface area contributed by atoms with Gasteiger partial charge in [0.05, 0.1) is 12.2 Å². The summed E-state index contributed by atoms with van der Waals surface area (Å²) in [6.07, 6.45) is 5.73. The van der Waals surface area contributed by atoms with Gasteiger partial charge in [-0.25, -0.2) is 4.98 Å². The fourth-order valence-electron chi connectivity index (χ4n) is 2.10. The van der Waals surface area contributed by atoms with E-state index in [9.17, 15) is 0 Å². The number of nitrogens with one attached hydrogen (secondary N) is 1. The van der Waals surface area contributed by atoms with Crippen LogP contribution >= 0.6 is 0 Å². The van der Waals surface area contributed by atoms with E-state index in [0.717, 1.165) is 19.3 Å². The molecule has 6 nitrogen and oxygen atoms in total. The van der Waals surface area contributed by atoms with E-state index in [2.05, 4.69) is 15.3 Å². The quantitative estimate of drug-likeness (QED) is 0.783. The van der Waals surface area contributed by atoms with Gasteiger partial charge in [0.2, 0.25) is 5.88 Å². The van der Waals surface area contributed by atoms with E-state index in [4.69, 9.17) is 15.2 Å². The molecular formula is C13H22N4O2. The number of rotatable bonds is 7. The second-order valence-electron chi connectivity index (χ2n) is 4.88. The topological polar surface area (TPSA) is 82.3 Å². The molecule has 0 amide bonds. The summed E-state index contributed by atoms with van der Waals surface area (Å²) in [4.78, 5) is 8.21. The number of anilines is 2. The maximum atomic E-state index is 6.00. The minimum atomic E-state index is -0.0676. The van der Waals surface area contributed by atoms with Gasteiger partial charge >= 0.3 is 0 Å². The van der Waals surface area contributed by atoms with Crippen molar-refractivity contribution in [3.05, 3.63) is 6.33 Å². The highest BCUT2D eigenvalue weighted by molar-refractivity contribution is 5.66. The number of hydrogen-bond donors (Lipinski definition) is 2. The molecule has 0 aliphatic heterocycles. The molecule has 0 aromatic carbocycles. The normalized spacial score (nSPS) is 16.7. The van der Waals surface area contributed by atoms with Crippen LogP contribution in [0.2, 0.25) is 0 Å². The van der Waals surface area contributed by atoms with E-state index >= 15 is 0 Å². The Bertz CT molecular complexity index is 416. The standard InChI is InChI=1S/C13H22N4O2/c1-3-7-19-12-10(14)11(16-9-17-12)15-8-13(18-2)5-4-6-13/h9H,3-8,14H2,1-2H3,(H,15,16,17). The average Bonchev–Trinajstić information content (AvgIpc) is 2.38. The predicted octanol–water partition coefficient (Wildman–Crippen LogP) is 1.83. The molecule has 106 valence electrons. The van der Waals surface area contributed by atoms with E-state index in [0.29, 0.717) is 30.5 Å². The van der Waals surface area contributed by atoms with Crippen LogP contribution in [0.1, 0.15) is 32.6 Å². The van der Waals surface area contributed by atoms with Crippen molar-refractivity contribution in [1.82, 2.24) is 9.97 Å². The average molecular weight is 266 g/mol. The summed E-state index contributed by atoms with van der Waals surface area (Å²) < 4.78 is 11.0. The molecule has 0 spiro atoms. The van der Waals surface area contributed by atoms with Crippen LogP contribution in [0.15, 0.2) is 6.33 Å². The number of hydrogen-bond acceptors (Lipinski definition) is 6. The van der Waals surface area contributed by atoms with Crippen molar-refractivity contribution in [2.24, 2.45) is 0 Å². The molecule has 2 rings (SSSR count). The highest BCUT2D eigenvalue weighted by Gasteiger charge is 2.36. The molecule has 1 aromatic rings. The van der Waals surface area contributed by atoms with Gasteiger partial charge in [-0.1, -0.05) is 6.92 Å². The van der Waals surface area contributed by atoms with Crippen molar-refractivity contribution < 1.29 is 9.47 Å². The third-order valence-electron chi connectivity index (χ3n) is 3.57. The Balaban J connectivity index is 1.99. The van der Waals surface area contributed by atoms with Crippen molar-refractivity contribution in [3.8, 4) is 5.88 Å². The molecular weight excluding hydrogens is 244 g/mol. The van der Waals surface area contributed by atoms with Gasteiger partial charge in [-0.05, 0) is 25.7 Å². The van der Waals surface area contributed by atoms with Gasteiger partial charge in [0.15, 0.2) is 5.82 Å². The molecule has 3 N–H and O–H groups in total. The summed E-state index contributed by atoms with van der Waals surface area (Å²) in [5, 5.41) is 3.24. The van der Waals surface area contributed by atoms with Crippen LogP contribution in [0.5, 0.6) is 5.88 Å². The molecule has 0 saturated heterocycles. The summed E-state index contributed by atoms with van der Waals surface area (Å²) >= 11 is 0. The molecule has 1 fully saturated rings. The SMILES string of the molecule is CCCOc1ncnc(NCC2(OC)CCC2)c1N. The molecule has 19 heavy (non-hydrogen) atoms. The molecule has 6 heteroatoms. The Hall–Kier alpha value is -1.56. The van der Waals surface area contributed by atoms with E-state index in [1.807, 2.05) is 6.92 Å². The third-order valence-corrected chi connectivity index (χ3v) is 3.57. The van der Waals surface area contributed by atoms with Gasteiger partial charge < -0.3 is 20.5 Å². The van der Waals surface area contributed by atoms with Gasteiger partial charge in [0.1, 0.15) is 12.0 Å². The summed E-state index contributed by atoms with van der Waals surface area (Å²) in [5.41, 5.74) is 6.39. The van der Waals surface area contributed by atoms with Crippen molar-refractivity contribution in [1.29, 1.82) is 0 Å². The molecule has 0 unspecified atom stereocenters. The Morgan fingerprint density at radius 3 is 2.79 bits per heavy atom. The molecule has 1 aromatic heterocycles.